The fraction of sp³-hybridized carbons (Fsp3) is 0.143. The molecule has 0 unspecified atom stereocenters. The first-order chi connectivity index (χ1) is 30.0. The van der Waals surface area contributed by atoms with Crippen molar-refractivity contribution in [3.63, 3.8) is 0 Å². The lowest BCUT2D eigenvalue weighted by Crippen LogP contribution is -2.25. The molecule has 1 aliphatic heterocycles. The Morgan fingerprint density at radius 2 is 1.18 bits per heavy atom. The maximum Gasteiger partial charge on any atom is 0.220 e. The fourth-order valence-electron chi connectivity index (χ4n) is 11.0. The third-order valence-corrected chi connectivity index (χ3v) is 13.9. The number of imidazole rings is 2. The molecule has 0 saturated heterocycles. The van der Waals surface area contributed by atoms with Gasteiger partial charge in [-0.05, 0) is 118 Å². The van der Waals surface area contributed by atoms with Crippen molar-refractivity contribution in [1.82, 2.24) is 18.9 Å². The number of pyridine rings is 1. The number of hydrogen-bond donors (Lipinski definition) is 0. The Balaban J connectivity index is 1.17. The first-order valence-corrected chi connectivity index (χ1v) is 21.7. The van der Waals surface area contributed by atoms with E-state index in [9.17, 15) is 0 Å². The van der Waals surface area contributed by atoms with E-state index in [4.69, 9.17) is 14.7 Å². The smallest absolute Gasteiger partial charge is 0.220 e. The van der Waals surface area contributed by atoms with Gasteiger partial charge in [-0.2, -0.15) is 0 Å². The van der Waals surface area contributed by atoms with Crippen molar-refractivity contribution >= 4 is 27.8 Å². The standard InChI is InChI=1S/C56H42N4O/c1-56(2)46-23-9-14-28-52(46)61-54-45(30-35(31-47(54)56)59-50-26-12-13-27-51(50)60-49-25-11-10-24-48(49)58-55(59)60)44-33-43-38-20-7-8-21-39(38)53-40(22-15-29-57-53)36-18-5-6-19-37(36)42(43)32-41(44)34-16-3-4-17-34/h5-15,18-34H,3-4,16-17H2,1-2H3. The summed E-state index contributed by atoms with van der Waals surface area (Å²) < 4.78 is 11.9. The van der Waals surface area contributed by atoms with Crippen molar-refractivity contribution in [3.8, 4) is 73.0 Å². The van der Waals surface area contributed by atoms with Gasteiger partial charge in [0, 0.05) is 39.4 Å². The van der Waals surface area contributed by atoms with Gasteiger partial charge in [0.05, 0.1) is 33.4 Å². The third-order valence-electron chi connectivity index (χ3n) is 13.9. The highest BCUT2D eigenvalue weighted by Crippen LogP contribution is 2.56. The van der Waals surface area contributed by atoms with Gasteiger partial charge in [0.15, 0.2) is 0 Å². The Hall–Kier alpha value is -7.24. The van der Waals surface area contributed by atoms with Crippen molar-refractivity contribution in [2.75, 3.05) is 0 Å². The first kappa shape index (κ1) is 34.6. The Bertz CT molecular complexity index is 3450. The summed E-state index contributed by atoms with van der Waals surface area (Å²) in [5.41, 5.74) is 20.5. The van der Waals surface area contributed by atoms with E-state index in [-0.39, 0.29) is 5.41 Å². The molecule has 4 heterocycles. The van der Waals surface area contributed by atoms with Crippen LogP contribution in [0.4, 0.5) is 0 Å². The van der Waals surface area contributed by atoms with Crippen molar-refractivity contribution in [2.45, 2.75) is 50.9 Å². The number of fused-ring (bicyclic) bond motifs is 15. The normalized spacial score (nSPS) is 15.0. The van der Waals surface area contributed by atoms with Crippen LogP contribution in [-0.2, 0) is 5.41 Å². The maximum atomic E-state index is 7.23. The monoisotopic (exact) mass is 786 g/mol. The number of hydrogen-bond acceptors (Lipinski definition) is 3. The van der Waals surface area contributed by atoms with Gasteiger partial charge in [0.25, 0.3) is 0 Å². The van der Waals surface area contributed by atoms with E-state index in [0.717, 1.165) is 80.3 Å². The second kappa shape index (κ2) is 12.9. The SMILES string of the molecule is CC1(C)c2ccccc2Oc2c(-c3cc4c(cc3C3CCCC3)-c3ccccc3-c3cccnc3-c3ccccc3-4)cc(-n3c4ccccc4n4c5ccccc5nc34)cc21. The number of benzene rings is 7. The van der Waals surface area contributed by atoms with Crippen molar-refractivity contribution in [2.24, 2.45) is 0 Å². The molecule has 13 rings (SSSR count). The molecule has 0 spiro atoms. The zero-order valence-corrected chi connectivity index (χ0v) is 34.2. The van der Waals surface area contributed by atoms with Crippen LogP contribution in [0.5, 0.6) is 11.5 Å². The van der Waals surface area contributed by atoms with Crippen LogP contribution in [0, 0.1) is 0 Å². The van der Waals surface area contributed by atoms with Crippen LogP contribution in [0.25, 0.3) is 89.3 Å². The van der Waals surface area contributed by atoms with Gasteiger partial charge < -0.3 is 4.74 Å². The van der Waals surface area contributed by atoms with Crippen LogP contribution in [0.15, 0.2) is 164 Å². The van der Waals surface area contributed by atoms with Crippen LogP contribution >= 0.6 is 0 Å². The van der Waals surface area contributed by atoms with Crippen molar-refractivity contribution in [3.05, 3.63) is 181 Å². The average molecular weight is 787 g/mol. The molecule has 0 atom stereocenters. The predicted molar refractivity (Wildman–Crippen MR) is 248 cm³/mol. The van der Waals surface area contributed by atoms with Gasteiger partial charge in [-0.25, -0.2) is 4.98 Å². The number of para-hydroxylation sites is 5. The highest BCUT2D eigenvalue weighted by atomic mass is 16.5. The maximum absolute atomic E-state index is 7.23. The molecule has 0 amide bonds. The second-order valence-corrected chi connectivity index (χ2v) is 17.6. The van der Waals surface area contributed by atoms with Gasteiger partial charge >= 0.3 is 0 Å². The molecule has 5 heteroatoms. The molecule has 292 valence electrons. The highest BCUT2D eigenvalue weighted by molar-refractivity contribution is 6.04. The molecule has 3 aromatic heterocycles. The Kier molecular flexibility index (Phi) is 7.31. The lowest BCUT2D eigenvalue weighted by Gasteiger charge is -2.36. The van der Waals surface area contributed by atoms with Crippen LogP contribution in [0.2, 0.25) is 0 Å². The minimum absolute atomic E-state index is 0.355. The van der Waals surface area contributed by atoms with Crippen LogP contribution < -0.4 is 4.74 Å². The molecule has 0 N–H and O–H groups in total. The van der Waals surface area contributed by atoms with Gasteiger partial charge in [-0.15, -0.1) is 0 Å². The van der Waals surface area contributed by atoms with E-state index in [2.05, 4.69) is 181 Å². The zero-order chi connectivity index (χ0) is 40.4. The topological polar surface area (TPSA) is 44.4 Å². The minimum atomic E-state index is -0.355. The van der Waals surface area contributed by atoms with E-state index in [1.807, 2.05) is 6.20 Å². The minimum Gasteiger partial charge on any atom is -0.456 e. The molecule has 5 nitrogen and oxygen atoms in total. The number of nitrogens with zero attached hydrogens (tertiary/aromatic N) is 4. The zero-order valence-electron chi connectivity index (χ0n) is 34.2. The van der Waals surface area contributed by atoms with E-state index in [1.54, 1.807) is 0 Å². The molecular weight excluding hydrogens is 745 g/mol. The molecular formula is C56H42N4O. The molecule has 0 radical (unpaired) electrons. The molecule has 7 aromatic carbocycles. The van der Waals surface area contributed by atoms with Gasteiger partial charge in [-0.1, -0.05) is 124 Å². The summed E-state index contributed by atoms with van der Waals surface area (Å²) in [6, 6.07) is 57.7. The van der Waals surface area contributed by atoms with Crippen molar-refractivity contribution in [1.29, 1.82) is 0 Å². The van der Waals surface area contributed by atoms with E-state index >= 15 is 0 Å². The van der Waals surface area contributed by atoms with E-state index in [1.165, 1.54) is 62.9 Å². The summed E-state index contributed by atoms with van der Waals surface area (Å²) in [5.74, 6) is 3.16. The van der Waals surface area contributed by atoms with Crippen LogP contribution in [-0.4, -0.2) is 18.9 Å². The fourth-order valence-corrected chi connectivity index (χ4v) is 11.0. The summed E-state index contributed by atoms with van der Waals surface area (Å²) in [6.45, 7) is 4.70. The Morgan fingerprint density at radius 3 is 2.00 bits per heavy atom. The van der Waals surface area contributed by atoms with Crippen LogP contribution in [0.3, 0.4) is 0 Å². The first-order valence-electron chi connectivity index (χ1n) is 21.7. The number of rotatable bonds is 3. The quantitative estimate of drug-likeness (QED) is 0.179. The molecule has 2 aliphatic carbocycles. The number of ether oxygens (including phenoxy) is 1. The Labute approximate surface area is 354 Å². The number of aromatic nitrogens is 4. The molecule has 61 heavy (non-hydrogen) atoms. The largest absolute Gasteiger partial charge is 0.456 e. The molecule has 0 bridgehead atoms. The van der Waals surface area contributed by atoms with E-state index in [0.29, 0.717) is 5.92 Å². The third kappa shape index (κ3) is 4.95. The van der Waals surface area contributed by atoms with Crippen molar-refractivity contribution < 1.29 is 4.74 Å². The van der Waals surface area contributed by atoms with E-state index < -0.39 is 0 Å². The summed E-state index contributed by atoms with van der Waals surface area (Å²) in [6.07, 6.45) is 6.72. The van der Waals surface area contributed by atoms with Gasteiger partial charge in [0.2, 0.25) is 5.78 Å². The van der Waals surface area contributed by atoms with Gasteiger partial charge in [-0.3, -0.25) is 14.0 Å². The predicted octanol–water partition coefficient (Wildman–Crippen LogP) is 14.6. The lowest BCUT2D eigenvalue weighted by molar-refractivity contribution is 0.419. The summed E-state index contributed by atoms with van der Waals surface area (Å²) in [4.78, 5) is 10.4. The molecule has 10 aromatic rings. The second-order valence-electron chi connectivity index (χ2n) is 17.6. The summed E-state index contributed by atoms with van der Waals surface area (Å²) in [7, 11) is 0. The average Bonchev–Trinajstić information content (AvgIpc) is 4.05. The molecule has 3 aliphatic rings. The lowest BCUT2D eigenvalue weighted by atomic mass is 9.73. The molecule has 1 saturated carbocycles. The molecule has 1 fully saturated rings. The van der Waals surface area contributed by atoms with Crippen LogP contribution in [0.1, 0.15) is 62.1 Å². The highest BCUT2D eigenvalue weighted by Gasteiger charge is 2.38. The summed E-state index contributed by atoms with van der Waals surface area (Å²) in [5, 5.41) is 0. The Morgan fingerprint density at radius 1 is 0.541 bits per heavy atom. The van der Waals surface area contributed by atoms with Gasteiger partial charge in [0.1, 0.15) is 11.5 Å². The summed E-state index contributed by atoms with van der Waals surface area (Å²) >= 11 is 0.